The average Bonchev–Trinajstić information content (AvgIpc) is 3.04. The van der Waals surface area contributed by atoms with Gasteiger partial charge >= 0.3 is 0 Å². The molecular formula is C25H30FN3O. The van der Waals surface area contributed by atoms with Crippen molar-refractivity contribution in [2.75, 3.05) is 18.4 Å². The van der Waals surface area contributed by atoms with Crippen LogP contribution in [0.1, 0.15) is 42.5 Å². The van der Waals surface area contributed by atoms with E-state index in [-0.39, 0.29) is 11.7 Å². The topological polar surface area (TPSA) is 48.1 Å². The van der Waals surface area contributed by atoms with E-state index < -0.39 is 0 Å². The second kappa shape index (κ2) is 9.00. The van der Waals surface area contributed by atoms with E-state index in [1.54, 1.807) is 6.07 Å². The van der Waals surface area contributed by atoms with Crippen LogP contribution in [-0.4, -0.2) is 28.9 Å². The third-order valence-electron chi connectivity index (χ3n) is 6.30. The maximum atomic E-state index is 13.2. The summed E-state index contributed by atoms with van der Waals surface area (Å²) in [6.07, 6.45) is 3.72. The van der Waals surface area contributed by atoms with E-state index in [2.05, 4.69) is 46.4 Å². The van der Waals surface area contributed by atoms with Gasteiger partial charge in [0, 0.05) is 41.8 Å². The lowest BCUT2D eigenvalue weighted by atomic mass is 9.93. The number of hydrogen-bond donors (Lipinski definition) is 2. The lowest BCUT2D eigenvalue weighted by Crippen LogP contribution is -2.35. The van der Waals surface area contributed by atoms with Crippen molar-refractivity contribution in [1.82, 2.24) is 9.88 Å². The van der Waals surface area contributed by atoms with Crippen LogP contribution in [0.15, 0.2) is 42.5 Å². The lowest BCUT2D eigenvalue weighted by molar-refractivity contribution is -0.116. The van der Waals surface area contributed by atoms with Crippen molar-refractivity contribution in [3.63, 3.8) is 0 Å². The van der Waals surface area contributed by atoms with E-state index in [4.69, 9.17) is 0 Å². The third kappa shape index (κ3) is 4.73. The minimum atomic E-state index is -0.280. The molecule has 1 aliphatic heterocycles. The van der Waals surface area contributed by atoms with Crippen molar-refractivity contribution in [2.45, 2.75) is 46.1 Å². The van der Waals surface area contributed by atoms with Gasteiger partial charge in [0.05, 0.1) is 0 Å². The second-order valence-electron chi connectivity index (χ2n) is 8.56. The highest BCUT2D eigenvalue weighted by molar-refractivity contribution is 5.91. The van der Waals surface area contributed by atoms with Gasteiger partial charge < -0.3 is 10.3 Å². The van der Waals surface area contributed by atoms with E-state index in [1.807, 2.05) is 6.92 Å². The molecule has 158 valence electrons. The highest BCUT2D eigenvalue weighted by Gasteiger charge is 2.22. The van der Waals surface area contributed by atoms with Crippen LogP contribution in [0.5, 0.6) is 0 Å². The van der Waals surface area contributed by atoms with Crippen molar-refractivity contribution in [1.29, 1.82) is 0 Å². The molecule has 0 radical (unpaired) electrons. The van der Waals surface area contributed by atoms with Crippen molar-refractivity contribution in [2.24, 2.45) is 5.92 Å². The number of aryl methyl sites for hydroxylation is 2. The number of carbonyl (C=O) groups is 1. The number of carbonyl (C=O) groups excluding carboxylic acids is 1. The summed E-state index contributed by atoms with van der Waals surface area (Å²) in [4.78, 5) is 18.5. The number of hydrogen-bond acceptors (Lipinski definition) is 2. The Morgan fingerprint density at radius 2 is 2.07 bits per heavy atom. The van der Waals surface area contributed by atoms with Crippen LogP contribution in [0, 0.1) is 25.6 Å². The summed E-state index contributed by atoms with van der Waals surface area (Å²) in [5.41, 5.74) is 5.27. The Bertz CT molecular complexity index is 1040. The number of fused-ring (bicyclic) bond motifs is 1. The number of nitrogens with zero attached hydrogens (tertiary/aromatic N) is 1. The van der Waals surface area contributed by atoms with Crippen molar-refractivity contribution >= 4 is 22.5 Å². The first-order valence-electron chi connectivity index (χ1n) is 10.8. The van der Waals surface area contributed by atoms with Crippen LogP contribution in [0.4, 0.5) is 10.1 Å². The molecule has 0 spiro atoms. The van der Waals surface area contributed by atoms with Crippen LogP contribution < -0.4 is 5.32 Å². The van der Waals surface area contributed by atoms with Crippen LogP contribution >= 0.6 is 0 Å². The van der Waals surface area contributed by atoms with Gasteiger partial charge in [0.15, 0.2) is 0 Å². The van der Waals surface area contributed by atoms with Gasteiger partial charge in [-0.3, -0.25) is 9.69 Å². The highest BCUT2D eigenvalue weighted by atomic mass is 19.1. The molecule has 3 aromatic rings. The summed E-state index contributed by atoms with van der Waals surface area (Å²) >= 11 is 0. The molecule has 1 atom stereocenters. The molecule has 1 aromatic heterocycles. The summed E-state index contributed by atoms with van der Waals surface area (Å²) in [5.74, 6) is 0.259. The Morgan fingerprint density at radius 3 is 2.87 bits per heavy atom. The number of amides is 1. The fraction of sp³-hybridized carbons (Fsp3) is 0.400. The van der Waals surface area contributed by atoms with E-state index in [0.29, 0.717) is 18.0 Å². The van der Waals surface area contributed by atoms with E-state index in [1.165, 1.54) is 47.1 Å². The van der Waals surface area contributed by atoms with Gasteiger partial charge in [0.1, 0.15) is 5.82 Å². The van der Waals surface area contributed by atoms with Crippen molar-refractivity contribution < 1.29 is 9.18 Å². The zero-order valence-electron chi connectivity index (χ0n) is 17.8. The number of rotatable bonds is 6. The summed E-state index contributed by atoms with van der Waals surface area (Å²) in [6.45, 7) is 7.06. The monoisotopic (exact) mass is 407 g/mol. The van der Waals surface area contributed by atoms with Gasteiger partial charge in [-0.05, 0) is 81.0 Å². The van der Waals surface area contributed by atoms with E-state index >= 15 is 0 Å². The van der Waals surface area contributed by atoms with E-state index in [0.717, 1.165) is 31.6 Å². The number of aromatic nitrogens is 1. The minimum Gasteiger partial charge on any atom is -0.357 e. The number of nitrogens with one attached hydrogen (secondary N) is 2. The van der Waals surface area contributed by atoms with Gasteiger partial charge in [-0.1, -0.05) is 18.2 Å². The number of piperidine rings is 1. The molecule has 2 aromatic carbocycles. The molecule has 0 saturated carbocycles. The molecule has 2 N–H and O–H groups in total. The molecular weight excluding hydrogens is 377 g/mol. The lowest BCUT2D eigenvalue weighted by Gasteiger charge is -2.32. The quantitative estimate of drug-likeness (QED) is 0.562. The van der Waals surface area contributed by atoms with Crippen molar-refractivity contribution in [3.05, 3.63) is 65.1 Å². The Labute approximate surface area is 177 Å². The number of aromatic amines is 1. The number of para-hydroxylation sites is 1. The standard InChI is InChI=1S/C25H30FN3O/c1-17-14-20(26)10-11-22(17)28-25(30)12-9-19-6-5-13-29(15-19)16-24-18(2)21-7-3-4-8-23(21)27-24/h3-4,7-8,10-11,14,19,27H,5-6,9,12-13,15-16H2,1-2H3,(H,28,30)/t19-/m0/s1. The molecule has 0 unspecified atom stereocenters. The molecule has 4 nitrogen and oxygen atoms in total. The number of benzene rings is 2. The first kappa shape index (κ1) is 20.6. The molecule has 5 heteroatoms. The first-order valence-corrected chi connectivity index (χ1v) is 10.8. The summed E-state index contributed by atoms with van der Waals surface area (Å²) < 4.78 is 13.2. The summed E-state index contributed by atoms with van der Waals surface area (Å²) in [7, 11) is 0. The zero-order valence-corrected chi connectivity index (χ0v) is 17.8. The normalized spacial score (nSPS) is 17.4. The molecule has 0 bridgehead atoms. The molecule has 1 saturated heterocycles. The smallest absolute Gasteiger partial charge is 0.224 e. The molecule has 1 aliphatic rings. The fourth-order valence-corrected chi connectivity index (χ4v) is 4.57. The van der Waals surface area contributed by atoms with Gasteiger partial charge in [0.2, 0.25) is 5.91 Å². The predicted octanol–water partition coefficient (Wildman–Crippen LogP) is 5.55. The molecule has 0 aliphatic carbocycles. The van der Waals surface area contributed by atoms with Gasteiger partial charge in [-0.25, -0.2) is 4.39 Å². The van der Waals surface area contributed by atoms with Gasteiger partial charge in [-0.15, -0.1) is 0 Å². The number of likely N-dealkylation sites (tertiary alicyclic amines) is 1. The number of anilines is 1. The number of H-pyrrole nitrogens is 1. The van der Waals surface area contributed by atoms with Crippen LogP contribution in [-0.2, 0) is 11.3 Å². The third-order valence-corrected chi connectivity index (χ3v) is 6.30. The molecule has 4 rings (SSSR count). The van der Waals surface area contributed by atoms with Gasteiger partial charge in [0.25, 0.3) is 0 Å². The predicted molar refractivity (Wildman–Crippen MR) is 120 cm³/mol. The summed E-state index contributed by atoms with van der Waals surface area (Å²) in [5, 5.41) is 4.23. The van der Waals surface area contributed by atoms with Gasteiger partial charge in [-0.2, -0.15) is 0 Å². The van der Waals surface area contributed by atoms with Crippen LogP contribution in [0.2, 0.25) is 0 Å². The Hall–Kier alpha value is -2.66. The van der Waals surface area contributed by atoms with Crippen LogP contribution in [0.25, 0.3) is 10.9 Å². The summed E-state index contributed by atoms with van der Waals surface area (Å²) in [6, 6.07) is 12.9. The largest absolute Gasteiger partial charge is 0.357 e. The average molecular weight is 408 g/mol. The van der Waals surface area contributed by atoms with Crippen LogP contribution in [0.3, 0.4) is 0 Å². The highest BCUT2D eigenvalue weighted by Crippen LogP contribution is 2.26. The number of halogens is 1. The Balaban J connectivity index is 1.30. The Kier molecular flexibility index (Phi) is 6.18. The van der Waals surface area contributed by atoms with Crippen molar-refractivity contribution in [3.8, 4) is 0 Å². The van der Waals surface area contributed by atoms with E-state index in [9.17, 15) is 9.18 Å². The molecule has 1 amide bonds. The fourth-order valence-electron chi connectivity index (χ4n) is 4.57. The molecule has 1 fully saturated rings. The Morgan fingerprint density at radius 1 is 1.23 bits per heavy atom. The zero-order chi connectivity index (χ0) is 21.1. The maximum absolute atomic E-state index is 13.2. The second-order valence-corrected chi connectivity index (χ2v) is 8.56. The molecule has 2 heterocycles. The molecule has 30 heavy (non-hydrogen) atoms. The maximum Gasteiger partial charge on any atom is 0.224 e. The minimum absolute atomic E-state index is 0.00768. The SMILES string of the molecule is Cc1cc(F)ccc1NC(=O)CC[C@@H]1CCCN(Cc2[nH]c3ccccc3c2C)C1. The first-order chi connectivity index (χ1) is 14.5.